The lowest BCUT2D eigenvalue weighted by Gasteiger charge is -2.19. The normalized spacial score (nSPS) is 14.2. The van der Waals surface area contributed by atoms with E-state index in [0.29, 0.717) is 18.2 Å². The molecule has 1 aromatic rings. The summed E-state index contributed by atoms with van der Waals surface area (Å²) in [6.45, 7) is 4.36. The largest absolute Gasteiger partial charge is 0.390 e. The first kappa shape index (κ1) is 14.2. The Balaban J connectivity index is 2.87. The minimum Gasteiger partial charge on any atom is -0.390 e. The molecule has 2 N–H and O–H groups in total. The number of rotatable bonds is 6. The smallest absolute Gasteiger partial charge is 0.244 e. The van der Waals surface area contributed by atoms with E-state index in [0.717, 1.165) is 6.42 Å². The molecule has 0 saturated heterocycles. The number of aromatic nitrogens is 1. The summed E-state index contributed by atoms with van der Waals surface area (Å²) in [5, 5.41) is 8.90. The van der Waals surface area contributed by atoms with Gasteiger partial charge in [0.15, 0.2) is 0 Å². The van der Waals surface area contributed by atoms with E-state index in [9.17, 15) is 8.42 Å². The lowest BCUT2D eigenvalue weighted by atomic mass is 10.1. The fraction of sp³-hybridized carbons (Fsp3) is 0.636. The first-order valence-electron chi connectivity index (χ1n) is 5.66. The summed E-state index contributed by atoms with van der Waals surface area (Å²) in [4.78, 5) is 2.93. The van der Waals surface area contributed by atoms with Crippen molar-refractivity contribution < 1.29 is 13.5 Å². The number of aliphatic hydroxyl groups excluding tert-OH is 1. The topological polar surface area (TPSA) is 73.4 Å². The van der Waals surface area contributed by atoms with E-state index in [4.69, 9.17) is 5.11 Å². The molecule has 0 aliphatic heterocycles. The highest BCUT2D eigenvalue weighted by molar-refractivity contribution is 7.89. The fourth-order valence-corrected chi connectivity index (χ4v) is 2.81. The van der Waals surface area contributed by atoms with Gasteiger partial charge >= 0.3 is 0 Å². The minimum atomic E-state index is -3.44. The molecule has 0 amide bonds. The Labute approximate surface area is 103 Å². The summed E-state index contributed by atoms with van der Waals surface area (Å²) >= 11 is 0. The van der Waals surface area contributed by atoms with Gasteiger partial charge in [-0.25, -0.2) is 12.7 Å². The zero-order valence-corrected chi connectivity index (χ0v) is 11.3. The number of hydrogen-bond donors (Lipinski definition) is 2. The second-order valence-corrected chi connectivity index (χ2v) is 6.36. The predicted molar refractivity (Wildman–Crippen MR) is 66.0 cm³/mol. The van der Waals surface area contributed by atoms with E-state index in [1.165, 1.54) is 16.6 Å². The van der Waals surface area contributed by atoms with Crippen LogP contribution in [0.3, 0.4) is 0 Å². The summed E-state index contributed by atoms with van der Waals surface area (Å²) in [5.41, 5.74) is 0.500. The van der Waals surface area contributed by atoms with Crippen molar-refractivity contribution in [3.8, 4) is 0 Å². The van der Waals surface area contributed by atoms with E-state index in [1.807, 2.05) is 13.8 Å². The van der Waals surface area contributed by atoms with Crippen molar-refractivity contribution >= 4 is 10.0 Å². The molecular formula is C11H20N2O3S. The van der Waals surface area contributed by atoms with Gasteiger partial charge in [0.05, 0.1) is 11.5 Å². The average Bonchev–Trinajstić information content (AvgIpc) is 2.77. The van der Waals surface area contributed by atoms with Gasteiger partial charge in [-0.2, -0.15) is 0 Å². The Morgan fingerprint density at radius 1 is 1.53 bits per heavy atom. The molecule has 17 heavy (non-hydrogen) atoms. The highest BCUT2D eigenvalue weighted by Gasteiger charge is 2.23. The standard InChI is InChI=1S/C11H20N2O3S/c1-4-9(2)7-13(3)17(15,16)11-5-10(8-14)12-6-11/h5-6,9,12,14H,4,7-8H2,1-3H3. The van der Waals surface area contributed by atoms with Crippen LogP contribution >= 0.6 is 0 Å². The van der Waals surface area contributed by atoms with Crippen molar-refractivity contribution in [2.24, 2.45) is 5.92 Å². The molecule has 0 spiro atoms. The number of hydrogen-bond acceptors (Lipinski definition) is 3. The van der Waals surface area contributed by atoms with Gasteiger partial charge in [0.2, 0.25) is 10.0 Å². The second-order valence-electron chi connectivity index (χ2n) is 4.32. The van der Waals surface area contributed by atoms with Crippen molar-refractivity contribution in [3.05, 3.63) is 18.0 Å². The van der Waals surface area contributed by atoms with Crippen LogP contribution in [0, 0.1) is 5.92 Å². The quantitative estimate of drug-likeness (QED) is 0.806. The van der Waals surface area contributed by atoms with Gasteiger partial charge in [0.25, 0.3) is 0 Å². The first-order valence-corrected chi connectivity index (χ1v) is 7.10. The molecule has 98 valence electrons. The lowest BCUT2D eigenvalue weighted by molar-refractivity contribution is 0.277. The molecule has 5 nitrogen and oxygen atoms in total. The molecule has 0 radical (unpaired) electrons. The third-order valence-corrected chi connectivity index (χ3v) is 4.66. The lowest BCUT2D eigenvalue weighted by Crippen LogP contribution is -2.30. The maximum atomic E-state index is 12.1. The zero-order chi connectivity index (χ0) is 13.1. The molecule has 0 aliphatic carbocycles. The van der Waals surface area contributed by atoms with Crippen molar-refractivity contribution in [1.29, 1.82) is 0 Å². The minimum absolute atomic E-state index is 0.190. The molecule has 1 rings (SSSR count). The summed E-state index contributed by atoms with van der Waals surface area (Å²) in [5.74, 6) is 0.325. The van der Waals surface area contributed by atoms with Crippen molar-refractivity contribution in [2.45, 2.75) is 31.8 Å². The van der Waals surface area contributed by atoms with Crippen LogP contribution in [0.4, 0.5) is 0 Å². The van der Waals surface area contributed by atoms with Crippen LogP contribution in [0.1, 0.15) is 26.0 Å². The van der Waals surface area contributed by atoms with E-state index < -0.39 is 10.0 Å². The fourth-order valence-electron chi connectivity index (χ4n) is 1.51. The second kappa shape index (κ2) is 5.66. The number of aliphatic hydroxyl groups is 1. The molecule has 0 bridgehead atoms. The summed E-state index contributed by atoms with van der Waals surface area (Å²) in [6.07, 6.45) is 2.35. The Bertz CT molecular complexity index is 453. The van der Waals surface area contributed by atoms with Gasteiger partial charge in [-0.1, -0.05) is 20.3 Å². The van der Waals surface area contributed by atoms with Crippen molar-refractivity contribution in [2.75, 3.05) is 13.6 Å². The number of nitrogens with one attached hydrogen (secondary N) is 1. The highest BCUT2D eigenvalue weighted by atomic mass is 32.2. The molecule has 1 atom stereocenters. The average molecular weight is 260 g/mol. The zero-order valence-electron chi connectivity index (χ0n) is 10.5. The van der Waals surface area contributed by atoms with Crippen molar-refractivity contribution in [3.63, 3.8) is 0 Å². The number of aromatic amines is 1. The molecule has 0 aliphatic rings. The molecular weight excluding hydrogens is 240 g/mol. The Hall–Kier alpha value is -0.850. The van der Waals surface area contributed by atoms with Crippen LogP contribution in [0.15, 0.2) is 17.2 Å². The molecule has 0 aromatic carbocycles. The Morgan fingerprint density at radius 2 is 2.18 bits per heavy atom. The van der Waals surface area contributed by atoms with Gasteiger partial charge in [-0.05, 0) is 12.0 Å². The summed E-state index contributed by atoms with van der Waals surface area (Å²) in [6, 6.07) is 1.46. The molecule has 1 unspecified atom stereocenters. The SMILES string of the molecule is CCC(C)CN(C)S(=O)(=O)c1c[nH]c(CO)c1. The number of sulfonamides is 1. The maximum absolute atomic E-state index is 12.1. The molecule has 1 heterocycles. The van der Waals surface area contributed by atoms with Gasteiger partial charge in [0, 0.05) is 25.5 Å². The van der Waals surface area contributed by atoms with Crippen LogP contribution in [0.5, 0.6) is 0 Å². The number of nitrogens with zero attached hydrogens (tertiary/aromatic N) is 1. The van der Waals surface area contributed by atoms with E-state index in [2.05, 4.69) is 4.98 Å². The first-order chi connectivity index (χ1) is 7.91. The molecule has 1 aromatic heterocycles. The maximum Gasteiger partial charge on any atom is 0.244 e. The van der Waals surface area contributed by atoms with Gasteiger partial charge in [-0.15, -0.1) is 0 Å². The van der Waals surface area contributed by atoms with Crippen LogP contribution in [-0.2, 0) is 16.6 Å². The molecule has 6 heteroatoms. The monoisotopic (exact) mass is 260 g/mol. The van der Waals surface area contributed by atoms with E-state index in [-0.39, 0.29) is 11.5 Å². The van der Waals surface area contributed by atoms with Gasteiger partial charge in [0.1, 0.15) is 0 Å². The highest BCUT2D eigenvalue weighted by Crippen LogP contribution is 2.17. The van der Waals surface area contributed by atoms with Crippen molar-refractivity contribution in [1.82, 2.24) is 9.29 Å². The van der Waals surface area contributed by atoms with Crippen LogP contribution in [0.25, 0.3) is 0 Å². The number of H-pyrrole nitrogens is 1. The summed E-state index contributed by atoms with van der Waals surface area (Å²) < 4.78 is 25.6. The molecule has 0 saturated carbocycles. The predicted octanol–water partition coefficient (Wildman–Crippen LogP) is 1.17. The third kappa shape index (κ3) is 3.31. The summed E-state index contributed by atoms with van der Waals surface area (Å²) in [7, 11) is -1.87. The van der Waals surface area contributed by atoms with Crippen LogP contribution in [-0.4, -0.2) is 36.4 Å². The van der Waals surface area contributed by atoms with Gasteiger partial charge < -0.3 is 10.1 Å². The van der Waals surface area contributed by atoms with E-state index >= 15 is 0 Å². The Kier molecular flexibility index (Phi) is 4.73. The van der Waals surface area contributed by atoms with Gasteiger partial charge in [-0.3, -0.25) is 0 Å². The third-order valence-electron chi connectivity index (χ3n) is 2.86. The van der Waals surface area contributed by atoms with E-state index in [1.54, 1.807) is 7.05 Å². The Morgan fingerprint density at radius 3 is 2.65 bits per heavy atom. The van der Waals surface area contributed by atoms with Crippen LogP contribution < -0.4 is 0 Å². The molecule has 0 fully saturated rings. The van der Waals surface area contributed by atoms with Crippen LogP contribution in [0.2, 0.25) is 0 Å².